The van der Waals surface area contributed by atoms with Gasteiger partial charge in [0.05, 0.1) is 0 Å². The van der Waals surface area contributed by atoms with Crippen molar-refractivity contribution in [1.82, 2.24) is 5.32 Å². The standard InChI is InChI=1S/C11H16ClNO/c1-11(2,3)13-7-8-6-9(12)4-5-10(8)14/h4-6,13-14H,7H2,1-3H3. The number of hydrogen-bond acceptors (Lipinski definition) is 2. The van der Waals surface area contributed by atoms with Crippen LogP contribution in [0.1, 0.15) is 26.3 Å². The van der Waals surface area contributed by atoms with Crippen molar-refractivity contribution in [1.29, 1.82) is 0 Å². The summed E-state index contributed by atoms with van der Waals surface area (Å²) in [6, 6.07) is 5.06. The Kier molecular flexibility index (Phi) is 3.40. The molecule has 0 bridgehead atoms. The predicted octanol–water partition coefficient (Wildman–Crippen LogP) is 2.93. The third-order valence-electron chi connectivity index (χ3n) is 1.85. The van der Waals surface area contributed by atoms with Gasteiger partial charge in [-0.15, -0.1) is 0 Å². The van der Waals surface area contributed by atoms with Crippen LogP contribution in [0.25, 0.3) is 0 Å². The Labute approximate surface area is 89.9 Å². The number of aromatic hydroxyl groups is 1. The molecule has 1 aromatic rings. The highest BCUT2D eigenvalue weighted by Gasteiger charge is 2.10. The number of rotatable bonds is 2. The molecule has 0 saturated carbocycles. The summed E-state index contributed by atoms with van der Waals surface area (Å²) in [5, 5.41) is 13.5. The molecular formula is C11H16ClNO. The molecule has 0 heterocycles. The van der Waals surface area contributed by atoms with Crippen molar-refractivity contribution >= 4 is 11.6 Å². The number of phenols is 1. The Morgan fingerprint density at radius 3 is 2.57 bits per heavy atom. The molecule has 2 nitrogen and oxygen atoms in total. The molecule has 0 unspecified atom stereocenters. The molecule has 2 N–H and O–H groups in total. The molecule has 0 aliphatic carbocycles. The number of hydrogen-bond donors (Lipinski definition) is 2. The van der Waals surface area contributed by atoms with Crippen LogP contribution >= 0.6 is 11.6 Å². The zero-order valence-corrected chi connectivity index (χ0v) is 9.52. The van der Waals surface area contributed by atoms with Crippen LogP contribution in [0.4, 0.5) is 0 Å². The van der Waals surface area contributed by atoms with Crippen molar-refractivity contribution in [2.24, 2.45) is 0 Å². The molecule has 0 aliphatic heterocycles. The van der Waals surface area contributed by atoms with E-state index in [0.29, 0.717) is 11.6 Å². The molecule has 0 saturated heterocycles. The average Bonchev–Trinajstić information content (AvgIpc) is 2.05. The fourth-order valence-corrected chi connectivity index (χ4v) is 1.25. The van der Waals surface area contributed by atoms with Crippen molar-refractivity contribution in [3.63, 3.8) is 0 Å². The normalized spacial score (nSPS) is 11.7. The fraction of sp³-hybridized carbons (Fsp3) is 0.455. The van der Waals surface area contributed by atoms with E-state index in [1.165, 1.54) is 0 Å². The topological polar surface area (TPSA) is 32.3 Å². The third-order valence-corrected chi connectivity index (χ3v) is 2.09. The van der Waals surface area contributed by atoms with Crippen molar-refractivity contribution in [3.8, 4) is 5.75 Å². The van der Waals surface area contributed by atoms with Gasteiger partial charge in [0.15, 0.2) is 0 Å². The van der Waals surface area contributed by atoms with Crippen molar-refractivity contribution in [2.75, 3.05) is 0 Å². The summed E-state index contributed by atoms with van der Waals surface area (Å²) in [7, 11) is 0. The van der Waals surface area contributed by atoms with Gasteiger partial charge in [-0.3, -0.25) is 0 Å². The molecule has 3 heteroatoms. The summed E-state index contributed by atoms with van der Waals surface area (Å²) >= 11 is 5.83. The maximum atomic E-state index is 9.53. The molecule has 0 spiro atoms. The Hall–Kier alpha value is -0.730. The Balaban J connectivity index is 2.72. The summed E-state index contributed by atoms with van der Waals surface area (Å²) < 4.78 is 0. The van der Waals surface area contributed by atoms with E-state index in [-0.39, 0.29) is 11.3 Å². The molecule has 1 rings (SSSR count). The molecule has 1 aromatic carbocycles. The summed E-state index contributed by atoms with van der Waals surface area (Å²) in [6.45, 7) is 6.85. The maximum Gasteiger partial charge on any atom is 0.120 e. The highest BCUT2D eigenvalue weighted by molar-refractivity contribution is 6.30. The second kappa shape index (κ2) is 4.20. The van der Waals surface area contributed by atoms with Gasteiger partial charge in [0.25, 0.3) is 0 Å². The third kappa shape index (κ3) is 3.56. The van der Waals surface area contributed by atoms with Gasteiger partial charge in [-0.1, -0.05) is 11.6 Å². The van der Waals surface area contributed by atoms with E-state index in [2.05, 4.69) is 26.1 Å². The lowest BCUT2D eigenvalue weighted by molar-refractivity contribution is 0.412. The van der Waals surface area contributed by atoms with Crippen LogP contribution in [-0.4, -0.2) is 10.6 Å². The van der Waals surface area contributed by atoms with Crippen LogP contribution in [-0.2, 0) is 6.54 Å². The fourth-order valence-electron chi connectivity index (χ4n) is 1.06. The Bertz CT molecular complexity index is 318. The first kappa shape index (κ1) is 11.3. The summed E-state index contributed by atoms with van der Waals surface area (Å²) in [6.07, 6.45) is 0. The quantitative estimate of drug-likeness (QED) is 0.792. The molecule has 14 heavy (non-hydrogen) atoms. The summed E-state index contributed by atoms with van der Waals surface area (Å²) in [4.78, 5) is 0. The Morgan fingerprint density at radius 1 is 1.36 bits per heavy atom. The van der Waals surface area contributed by atoms with Gasteiger partial charge >= 0.3 is 0 Å². The second-order valence-electron chi connectivity index (χ2n) is 4.38. The van der Waals surface area contributed by atoms with Gasteiger partial charge in [-0.2, -0.15) is 0 Å². The number of benzene rings is 1. The minimum Gasteiger partial charge on any atom is -0.508 e. The van der Waals surface area contributed by atoms with Gasteiger partial charge in [0.1, 0.15) is 5.75 Å². The van der Waals surface area contributed by atoms with Crippen molar-refractivity contribution in [3.05, 3.63) is 28.8 Å². The minimum atomic E-state index is 0.0365. The van der Waals surface area contributed by atoms with E-state index < -0.39 is 0 Å². The van der Waals surface area contributed by atoms with Gasteiger partial charge in [-0.05, 0) is 39.0 Å². The van der Waals surface area contributed by atoms with Gasteiger partial charge in [0, 0.05) is 22.7 Å². The molecule has 0 atom stereocenters. The first-order chi connectivity index (χ1) is 6.38. The van der Waals surface area contributed by atoms with Crippen molar-refractivity contribution in [2.45, 2.75) is 32.9 Å². The van der Waals surface area contributed by atoms with E-state index in [9.17, 15) is 5.11 Å². The lowest BCUT2D eigenvalue weighted by atomic mass is 10.1. The molecule has 0 aromatic heterocycles. The van der Waals surface area contributed by atoms with E-state index >= 15 is 0 Å². The molecule has 0 amide bonds. The van der Waals surface area contributed by atoms with E-state index in [1.54, 1.807) is 18.2 Å². The zero-order valence-electron chi connectivity index (χ0n) is 8.76. The van der Waals surface area contributed by atoms with Crippen LogP contribution in [0.5, 0.6) is 5.75 Å². The lowest BCUT2D eigenvalue weighted by Crippen LogP contribution is -2.35. The van der Waals surface area contributed by atoms with Crippen LogP contribution < -0.4 is 5.32 Å². The molecule has 0 aliphatic rings. The zero-order chi connectivity index (χ0) is 10.8. The SMILES string of the molecule is CC(C)(C)NCc1cc(Cl)ccc1O. The largest absolute Gasteiger partial charge is 0.508 e. The van der Waals surface area contributed by atoms with Gasteiger partial charge in [0.2, 0.25) is 0 Å². The van der Waals surface area contributed by atoms with Crippen LogP contribution in [0.3, 0.4) is 0 Å². The van der Waals surface area contributed by atoms with Gasteiger partial charge in [-0.25, -0.2) is 0 Å². The van der Waals surface area contributed by atoms with E-state index in [1.807, 2.05) is 0 Å². The average molecular weight is 214 g/mol. The first-order valence-electron chi connectivity index (χ1n) is 4.61. The monoisotopic (exact) mass is 213 g/mol. The van der Waals surface area contributed by atoms with Gasteiger partial charge < -0.3 is 10.4 Å². The van der Waals surface area contributed by atoms with Crippen LogP contribution in [0.2, 0.25) is 5.02 Å². The van der Waals surface area contributed by atoms with Crippen LogP contribution in [0, 0.1) is 0 Å². The van der Waals surface area contributed by atoms with Crippen molar-refractivity contribution < 1.29 is 5.11 Å². The smallest absolute Gasteiger partial charge is 0.120 e. The lowest BCUT2D eigenvalue weighted by Gasteiger charge is -2.20. The number of phenolic OH excluding ortho intramolecular Hbond substituents is 1. The second-order valence-corrected chi connectivity index (χ2v) is 4.81. The number of halogens is 1. The molecule has 78 valence electrons. The summed E-state index contributed by atoms with van der Waals surface area (Å²) in [5.74, 6) is 0.283. The maximum absolute atomic E-state index is 9.53. The predicted molar refractivity (Wildman–Crippen MR) is 59.7 cm³/mol. The number of nitrogens with one attached hydrogen (secondary N) is 1. The highest BCUT2D eigenvalue weighted by atomic mass is 35.5. The Morgan fingerprint density at radius 2 is 2.00 bits per heavy atom. The highest BCUT2D eigenvalue weighted by Crippen LogP contribution is 2.21. The molecule has 0 fully saturated rings. The summed E-state index contributed by atoms with van der Waals surface area (Å²) in [5.41, 5.74) is 0.863. The molecule has 0 radical (unpaired) electrons. The van der Waals surface area contributed by atoms with E-state index in [0.717, 1.165) is 5.56 Å². The first-order valence-corrected chi connectivity index (χ1v) is 4.99. The molecular weight excluding hydrogens is 198 g/mol. The van der Waals surface area contributed by atoms with Crippen LogP contribution in [0.15, 0.2) is 18.2 Å². The minimum absolute atomic E-state index is 0.0365. The van der Waals surface area contributed by atoms with E-state index in [4.69, 9.17) is 11.6 Å².